The van der Waals surface area contributed by atoms with Crippen molar-refractivity contribution >= 4 is 39.3 Å². The first-order chi connectivity index (χ1) is 7.66. The van der Waals surface area contributed by atoms with Gasteiger partial charge in [0.15, 0.2) is 0 Å². The Hall–Kier alpha value is -1.33. The van der Waals surface area contributed by atoms with Gasteiger partial charge in [0.25, 0.3) is 5.91 Å². The molecule has 0 saturated carbocycles. The van der Waals surface area contributed by atoms with Crippen LogP contribution >= 0.6 is 27.5 Å². The lowest BCUT2D eigenvalue weighted by Crippen LogP contribution is -2.12. The van der Waals surface area contributed by atoms with Crippen LogP contribution in [0.15, 0.2) is 34.9 Å². The molecule has 0 spiro atoms. The number of aromatic nitrogens is 2. The van der Waals surface area contributed by atoms with Crippen LogP contribution in [-0.2, 0) is 0 Å². The molecular weight excluding hydrogens is 293 g/mol. The number of carbonyl (C=O) groups is 1. The van der Waals surface area contributed by atoms with Gasteiger partial charge in [-0.25, -0.2) is 0 Å². The molecule has 16 heavy (non-hydrogen) atoms. The molecule has 0 atom stereocenters. The highest BCUT2D eigenvalue weighted by Gasteiger charge is 2.11. The summed E-state index contributed by atoms with van der Waals surface area (Å²) in [5, 5.41) is 9.41. The van der Waals surface area contributed by atoms with Gasteiger partial charge in [0.1, 0.15) is 5.82 Å². The Morgan fingerprint density at radius 3 is 2.94 bits per heavy atom. The van der Waals surface area contributed by atoms with Crippen molar-refractivity contribution in [1.29, 1.82) is 0 Å². The van der Waals surface area contributed by atoms with Crippen LogP contribution in [0.3, 0.4) is 0 Å². The fourth-order valence-corrected chi connectivity index (χ4v) is 1.75. The van der Waals surface area contributed by atoms with Crippen LogP contribution in [0.5, 0.6) is 0 Å². The summed E-state index contributed by atoms with van der Waals surface area (Å²) in [6.07, 6.45) is 1.55. The predicted octanol–water partition coefficient (Wildman–Crippen LogP) is 3.08. The van der Waals surface area contributed by atoms with Crippen molar-refractivity contribution in [2.45, 2.75) is 0 Å². The molecule has 2 N–H and O–H groups in total. The Kier molecular flexibility index (Phi) is 3.26. The van der Waals surface area contributed by atoms with Crippen molar-refractivity contribution in [1.82, 2.24) is 10.2 Å². The predicted molar refractivity (Wildman–Crippen MR) is 65.7 cm³/mol. The zero-order chi connectivity index (χ0) is 11.5. The highest BCUT2D eigenvalue weighted by Crippen LogP contribution is 2.21. The van der Waals surface area contributed by atoms with Crippen molar-refractivity contribution < 1.29 is 4.79 Å². The van der Waals surface area contributed by atoms with Crippen LogP contribution in [0.1, 0.15) is 10.4 Å². The van der Waals surface area contributed by atoms with Gasteiger partial charge in [-0.1, -0.05) is 27.5 Å². The molecule has 1 amide bonds. The van der Waals surface area contributed by atoms with Crippen molar-refractivity contribution in [2.75, 3.05) is 5.32 Å². The molecule has 0 fully saturated rings. The average molecular weight is 301 g/mol. The third-order valence-electron chi connectivity index (χ3n) is 1.92. The lowest BCUT2D eigenvalue weighted by molar-refractivity contribution is 0.102. The summed E-state index contributed by atoms with van der Waals surface area (Å²) >= 11 is 9.21. The summed E-state index contributed by atoms with van der Waals surface area (Å²) in [5.74, 6) is 0.247. The third kappa shape index (κ3) is 2.43. The topological polar surface area (TPSA) is 57.8 Å². The number of nitrogens with zero attached hydrogens (tertiary/aromatic N) is 1. The van der Waals surface area contributed by atoms with E-state index >= 15 is 0 Å². The van der Waals surface area contributed by atoms with Crippen LogP contribution in [0, 0.1) is 0 Å². The number of hydrogen-bond donors (Lipinski definition) is 2. The second kappa shape index (κ2) is 4.67. The number of rotatable bonds is 2. The van der Waals surface area contributed by atoms with Crippen molar-refractivity contribution in [2.24, 2.45) is 0 Å². The summed E-state index contributed by atoms with van der Waals surface area (Å²) in [6.45, 7) is 0. The molecule has 6 heteroatoms. The number of nitrogens with one attached hydrogen (secondary N) is 2. The first kappa shape index (κ1) is 11.2. The molecular formula is C10H7BrClN3O. The number of halogens is 2. The van der Waals surface area contributed by atoms with Gasteiger partial charge in [-0.05, 0) is 18.2 Å². The maximum Gasteiger partial charge on any atom is 0.258 e. The second-order valence-corrected chi connectivity index (χ2v) is 4.37. The van der Waals surface area contributed by atoms with E-state index in [1.54, 1.807) is 30.5 Å². The summed E-state index contributed by atoms with van der Waals surface area (Å²) in [6, 6.07) is 6.75. The quantitative estimate of drug-likeness (QED) is 0.895. The first-order valence-electron chi connectivity index (χ1n) is 4.42. The Labute approximate surface area is 105 Å². The van der Waals surface area contributed by atoms with E-state index in [4.69, 9.17) is 11.6 Å². The molecule has 82 valence electrons. The minimum atomic E-state index is -0.282. The third-order valence-corrected chi connectivity index (χ3v) is 2.74. The van der Waals surface area contributed by atoms with Crippen LogP contribution in [0.25, 0.3) is 0 Å². The number of hydrogen-bond acceptors (Lipinski definition) is 2. The number of carbonyl (C=O) groups excluding carboxylic acids is 1. The molecule has 1 aromatic heterocycles. The Bertz CT molecular complexity index is 513. The van der Waals surface area contributed by atoms with E-state index in [9.17, 15) is 4.79 Å². The number of amides is 1. The Morgan fingerprint density at radius 1 is 1.44 bits per heavy atom. The highest BCUT2D eigenvalue weighted by atomic mass is 79.9. The zero-order valence-corrected chi connectivity index (χ0v) is 10.3. The largest absolute Gasteiger partial charge is 0.307 e. The molecule has 0 radical (unpaired) electrons. The summed E-state index contributed by atoms with van der Waals surface area (Å²) in [4.78, 5) is 11.8. The van der Waals surface area contributed by atoms with Crippen LogP contribution in [0.2, 0.25) is 5.02 Å². The SMILES string of the molecule is O=C(Nc1ccn[nH]1)c1cc(Br)ccc1Cl. The number of anilines is 1. The second-order valence-electron chi connectivity index (χ2n) is 3.05. The van der Waals surface area contributed by atoms with Crippen LogP contribution < -0.4 is 5.32 Å². The summed E-state index contributed by atoms with van der Waals surface area (Å²) in [5.41, 5.74) is 0.408. The lowest BCUT2D eigenvalue weighted by Gasteiger charge is -2.04. The fourth-order valence-electron chi connectivity index (χ4n) is 1.19. The van der Waals surface area contributed by atoms with Crippen LogP contribution in [0.4, 0.5) is 5.82 Å². The zero-order valence-electron chi connectivity index (χ0n) is 8.00. The first-order valence-corrected chi connectivity index (χ1v) is 5.59. The molecule has 0 aliphatic carbocycles. The van der Waals surface area contributed by atoms with Gasteiger partial charge in [0.2, 0.25) is 0 Å². The summed E-state index contributed by atoms with van der Waals surface area (Å²) < 4.78 is 0.798. The number of aromatic amines is 1. The molecule has 2 aromatic rings. The molecule has 0 aliphatic rings. The molecule has 0 bridgehead atoms. The molecule has 0 unspecified atom stereocenters. The van der Waals surface area contributed by atoms with Gasteiger partial charge in [-0.15, -0.1) is 0 Å². The van der Waals surface area contributed by atoms with Gasteiger partial charge in [0.05, 0.1) is 16.8 Å². The maximum atomic E-state index is 11.8. The van der Waals surface area contributed by atoms with E-state index in [0.29, 0.717) is 16.4 Å². The Morgan fingerprint density at radius 2 is 2.25 bits per heavy atom. The van der Waals surface area contributed by atoms with Gasteiger partial charge in [-0.3, -0.25) is 9.89 Å². The smallest absolute Gasteiger partial charge is 0.258 e. The van der Waals surface area contributed by atoms with E-state index in [-0.39, 0.29) is 5.91 Å². The van der Waals surface area contributed by atoms with E-state index < -0.39 is 0 Å². The minimum absolute atomic E-state index is 0.282. The van der Waals surface area contributed by atoms with Crippen molar-refractivity contribution in [3.8, 4) is 0 Å². The van der Waals surface area contributed by atoms with E-state index in [1.807, 2.05) is 0 Å². The number of H-pyrrole nitrogens is 1. The monoisotopic (exact) mass is 299 g/mol. The molecule has 2 rings (SSSR count). The minimum Gasteiger partial charge on any atom is -0.307 e. The van der Waals surface area contributed by atoms with Crippen molar-refractivity contribution in [3.05, 3.63) is 45.5 Å². The van der Waals surface area contributed by atoms with Crippen molar-refractivity contribution in [3.63, 3.8) is 0 Å². The lowest BCUT2D eigenvalue weighted by atomic mass is 10.2. The van der Waals surface area contributed by atoms with Gasteiger partial charge in [0, 0.05) is 10.5 Å². The van der Waals surface area contributed by atoms with E-state index in [2.05, 4.69) is 31.4 Å². The average Bonchev–Trinajstić information content (AvgIpc) is 2.74. The normalized spacial score (nSPS) is 10.1. The number of benzene rings is 1. The van der Waals surface area contributed by atoms with E-state index in [0.717, 1.165) is 4.47 Å². The van der Waals surface area contributed by atoms with Gasteiger partial charge < -0.3 is 5.32 Å². The standard InChI is InChI=1S/C10H7BrClN3O/c11-6-1-2-8(12)7(5-6)10(16)14-9-3-4-13-15-9/h1-5H,(H2,13,14,15,16). The summed E-state index contributed by atoms with van der Waals surface area (Å²) in [7, 11) is 0. The van der Waals surface area contributed by atoms with Gasteiger partial charge >= 0.3 is 0 Å². The fraction of sp³-hybridized carbons (Fsp3) is 0. The highest BCUT2D eigenvalue weighted by molar-refractivity contribution is 9.10. The Balaban J connectivity index is 2.24. The maximum absolute atomic E-state index is 11.8. The molecule has 0 saturated heterocycles. The molecule has 4 nitrogen and oxygen atoms in total. The van der Waals surface area contributed by atoms with Gasteiger partial charge in [-0.2, -0.15) is 5.10 Å². The molecule has 0 aliphatic heterocycles. The molecule has 1 heterocycles. The van der Waals surface area contributed by atoms with Crippen LogP contribution in [-0.4, -0.2) is 16.1 Å². The van der Waals surface area contributed by atoms with E-state index in [1.165, 1.54) is 0 Å². The molecule has 1 aromatic carbocycles.